The Morgan fingerprint density at radius 2 is 1.90 bits per heavy atom. The first kappa shape index (κ1) is 20.9. The van der Waals surface area contributed by atoms with Crippen molar-refractivity contribution in [3.63, 3.8) is 0 Å². The predicted molar refractivity (Wildman–Crippen MR) is 116 cm³/mol. The molecule has 0 bridgehead atoms. The van der Waals surface area contributed by atoms with Crippen LogP contribution in [0.15, 0.2) is 46.7 Å². The lowest BCUT2D eigenvalue weighted by atomic mass is 9.94. The normalized spacial score (nSPS) is 16.0. The molecule has 2 aromatic heterocycles. The van der Waals surface area contributed by atoms with Crippen LogP contribution in [0.5, 0.6) is 0 Å². The molecule has 0 spiro atoms. The molecule has 1 aliphatic heterocycles. The van der Waals surface area contributed by atoms with Crippen molar-refractivity contribution >= 4 is 32.3 Å². The summed E-state index contributed by atoms with van der Waals surface area (Å²) < 4.78 is 41.1. The fraction of sp³-hybridized carbons (Fsp3) is 0.333. The van der Waals surface area contributed by atoms with Crippen molar-refractivity contribution in [1.82, 2.24) is 14.3 Å². The first-order valence-electron chi connectivity index (χ1n) is 9.75. The number of halogens is 1. The minimum Gasteiger partial charge on any atom is -0.316 e. The fourth-order valence-corrected chi connectivity index (χ4v) is 5.72. The van der Waals surface area contributed by atoms with Crippen LogP contribution in [0, 0.1) is 19.7 Å². The average Bonchev–Trinajstić information content (AvgIpc) is 3.15. The van der Waals surface area contributed by atoms with E-state index in [1.807, 2.05) is 30.5 Å². The van der Waals surface area contributed by atoms with Crippen LogP contribution in [0.2, 0.25) is 0 Å². The van der Waals surface area contributed by atoms with Gasteiger partial charge in [-0.1, -0.05) is 12.1 Å². The van der Waals surface area contributed by atoms with Gasteiger partial charge in [0, 0.05) is 30.1 Å². The molecule has 1 fully saturated rings. The number of nitrogens with one attached hydrogen (secondary N) is 1. The third kappa shape index (κ3) is 4.38. The Morgan fingerprint density at radius 3 is 2.57 bits per heavy atom. The van der Waals surface area contributed by atoms with Crippen LogP contribution >= 0.6 is 11.3 Å². The Morgan fingerprint density at radius 1 is 1.13 bits per heavy atom. The highest BCUT2D eigenvalue weighted by atomic mass is 32.2. The number of thiazole rings is 1. The van der Waals surface area contributed by atoms with Gasteiger partial charge in [0.05, 0.1) is 10.6 Å². The first-order valence-corrected chi connectivity index (χ1v) is 12.1. The third-order valence-electron chi connectivity index (χ3n) is 5.28. The molecule has 6 nitrogen and oxygen atoms in total. The Balaban J connectivity index is 1.44. The first-order chi connectivity index (χ1) is 14.3. The van der Waals surface area contributed by atoms with Gasteiger partial charge in [0.2, 0.25) is 10.0 Å². The van der Waals surface area contributed by atoms with Crippen molar-refractivity contribution in [3.8, 4) is 0 Å². The summed E-state index contributed by atoms with van der Waals surface area (Å²) in [5.74, 6) is 0.396. The van der Waals surface area contributed by atoms with E-state index >= 15 is 0 Å². The van der Waals surface area contributed by atoms with E-state index in [2.05, 4.69) is 10.3 Å². The molecule has 0 amide bonds. The molecule has 3 heterocycles. The maximum absolute atomic E-state index is 13.9. The van der Waals surface area contributed by atoms with Gasteiger partial charge in [0.1, 0.15) is 11.6 Å². The van der Waals surface area contributed by atoms with Gasteiger partial charge in [-0.25, -0.2) is 22.8 Å². The molecule has 1 aliphatic rings. The van der Waals surface area contributed by atoms with Crippen LogP contribution in [0.4, 0.5) is 15.3 Å². The van der Waals surface area contributed by atoms with E-state index in [1.165, 1.54) is 27.8 Å². The monoisotopic (exact) mass is 446 g/mol. The Labute approximate surface area is 179 Å². The molecule has 4 rings (SSSR count). The van der Waals surface area contributed by atoms with Crippen molar-refractivity contribution < 1.29 is 12.8 Å². The molecule has 1 N–H and O–H groups in total. The van der Waals surface area contributed by atoms with E-state index in [4.69, 9.17) is 4.98 Å². The van der Waals surface area contributed by atoms with Gasteiger partial charge in [0.25, 0.3) is 0 Å². The molecule has 9 heteroatoms. The number of aryl methyl sites for hydroxylation is 2. The zero-order chi connectivity index (χ0) is 21.3. The van der Waals surface area contributed by atoms with Gasteiger partial charge in [-0.05, 0) is 56.5 Å². The van der Waals surface area contributed by atoms with Crippen LogP contribution in [0.3, 0.4) is 0 Å². The van der Waals surface area contributed by atoms with Gasteiger partial charge in [-0.2, -0.15) is 4.31 Å². The number of benzene rings is 1. The molecule has 0 radical (unpaired) electrons. The standard InChI is InChI=1S/C21H23FN4O2S2/c1-14-6-7-17(12-18(14)22)30(27,28)26-10-8-16(9-11-26)19-4-3-5-20(24-19)25-21-23-15(2)13-29-21/h3-7,12-13,16H,8-11H2,1-2H3,(H,23,24,25). The molecule has 0 saturated carbocycles. The number of anilines is 2. The quantitative estimate of drug-likeness (QED) is 0.620. The Hall–Kier alpha value is -2.36. The summed E-state index contributed by atoms with van der Waals surface area (Å²) in [6.07, 6.45) is 1.33. The average molecular weight is 447 g/mol. The minimum absolute atomic E-state index is 0.00659. The summed E-state index contributed by atoms with van der Waals surface area (Å²) in [4.78, 5) is 9.11. The maximum Gasteiger partial charge on any atom is 0.243 e. The lowest BCUT2D eigenvalue weighted by Crippen LogP contribution is -2.38. The van der Waals surface area contributed by atoms with E-state index in [-0.39, 0.29) is 10.8 Å². The van der Waals surface area contributed by atoms with Crippen LogP contribution in [-0.4, -0.2) is 35.8 Å². The topological polar surface area (TPSA) is 75.2 Å². The van der Waals surface area contributed by atoms with Crippen molar-refractivity contribution in [3.05, 3.63) is 64.5 Å². The van der Waals surface area contributed by atoms with E-state index in [9.17, 15) is 12.8 Å². The molecular formula is C21H23FN4O2S2. The third-order valence-corrected chi connectivity index (χ3v) is 8.05. The summed E-state index contributed by atoms with van der Waals surface area (Å²) in [5, 5.41) is 5.99. The molecule has 30 heavy (non-hydrogen) atoms. The maximum atomic E-state index is 13.9. The van der Waals surface area contributed by atoms with Crippen molar-refractivity contribution in [2.24, 2.45) is 0 Å². The summed E-state index contributed by atoms with van der Waals surface area (Å²) in [6.45, 7) is 4.32. The number of piperidine rings is 1. The van der Waals surface area contributed by atoms with Gasteiger partial charge in [-0.15, -0.1) is 11.3 Å². The van der Waals surface area contributed by atoms with Gasteiger partial charge in [-0.3, -0.25) is 0 Å². The highest BCUT2D eigenvalue weighted by molar-refractivity contribution is 7.89. The minimum atomic E-state index is -3.70. The molecule has 1 aromatic carbocycles. The number of hydrogen-bond acceptors (Lipinski definition) is 6. The molecule has 158 valence electrons. The number of aromatic nitrogens is 2. The van der Waals surface area contributed by atoms with Crippen LogP contribution in [0.1, 0.15) is 35.7 Å². The van der Waals surface area contributed by atoms with Gasteiger partial charge >= 0.3 is 0 Å². The number of rotatable bonds is 5. The molecule has 1 saturated heterocycles. The molecular weight excluding hydrogens is 423 g/mol. The van der Waals surface area contributed by atoms with E-state index in [0.717, 1.165) is 28.4 Å². The summed E-state index contributed by atoms with van der Waals surface area (Å²) in [6, 6.07) is 9.89. The largest absolute Gasteiger partial charge is 0.316 e. The second-order valence-electron chi connectivity index (χ2n) is 7.46. The van der Waals surface area contributed by atoms with E-state index in [1.54, 1.807) is 6.92 Å². The molecule has 0 unspecified atom stereocenters. The van der Waals surface area contributed by atoms with Crippen molar-refractivity contribution in [2.75, 3.05) is 18.4 Å². The summed E-state index contributed by atoms with van der Waals surface area (Å²) in [5.41, 5.74) is 2.33. The highest BCUT2D eigenvalue weighted by Gasteiger charge is 2.30. The second kappa shape index (κ2) is 8.41. The Kier molecular flexibility index (Phi) is 5.86. The van der Waals surface area contributed by atoms with E-state index < -0.39 is 15.8 Å². The van der Waals surface area contributed by atoms with Crippen LogP contribution in [-0.2, 0) is 10.0 Å². The SMILES string of the molecule is Cc1csc(Nc2cccc(C3CCN(S(=O)(=O)c4ccc(C)c(F)c4)CC3)n2)n1. The lowest BCUT2D eigenvalue weighted by Gasteiger charge is -2.31. The van der Waals surface area contributed by atoms with Crippen molar-refractivity contribution in [2.45, 2.75) is 37.5 Å². The van der Waals surface area contributed by atoms with E-state index in [0.29, 0.717) is 31.5 Å². The van der Waals surface area contributed by atoms with Gasteiger partial charge < -0.3 is 5.32 Å². The zero-order valence-electron chi connectivity index (χ0n) is 16.8. The zero-order valence-corrected chi connectivity index (χ0v) is 18.4. The number of pyridine rings is 1. The Bertz CT molecular complexity index is 1160. The lowest BCUT2D eigenvalue weighted by molar-refractivity contribution is 0.316. The number of hydrogen-bond donors (Lipinski definition) is 1. The summed E-state index contributed by atoms with van der Waals surface area (Å²) >= 11 is 1.53. The van der Waals surface area contributed by atoms with Crippen LogP contribution < -0.4 is 5.32 Å². The molecule has 0 atom stereocenters. The number of sulfonamides is 1. The van der Waals surface area contributed by atoms with Gasteiger partial charge in [0.15, 0.2) is 5.13 Å². The molecule has 3 aromatic rings. The predicted octanol–water partition coefficient (Wildman–Crippen LogP) is 4.61. The van der Waals surface area contributed by atoms with Crippen molar-refractivity contribution in [1.29, 1.82) is 0 Å². The molecule has 0 aliphatic carbocycles. The fourth-order valence-electron chi connectivity index (χ4n) is 3.54. The van der Waals surface area contributed by atoms with Crippen LogP contribution in [0.25, 0.3) is 0 Å². The number of nitrogens with zero attached hydrogens (tertiary/aromatic N) is 3. The second-order valence-corrected chi connectivity index (χ2v) is 10.3. The smallest absolute Gasteiger partial charge is 0.243 e. The summed E-state index contributed by atoms with van der Waals surface area (Å²) in [7, 11) is -3.70. The highest BCUT2D eigenvalue weighted by Crippen LogP contribution is 2.31.